The predicted molar refractivity (Wildman–Crippen MR) is 79.8 cm³/mol. The van der Waals surface area contributed by atoms with Crippen LogP contribution in [-0.4, -0.2) is 58.3 Å². The van der Waals surface area contributed by atoms with Crippen LogP contribution >= 0.6 is 11.8 Å². The van der Waals surface area contributed by atoms with Crippen LogP contribution in [0.25, 0.3) is 0 Å². The molecule has 0 radical (unpaired) electrons. The number of aliphatic imine (C=N–C) groups is 1. The Balaban J connectivity index is 4.00. The molecule has 18 heavy (non-hydrogen) atoms. The van der Waals surface area contributed by atoms with Crippen molar-refractivity contribution in [2.24, 2.45) is 4.99 Å². The number of nitrogens with zero attached hydrogens (tertiary/aromatic N) is 1. The van der Waals surface area contributed by atoms with E-state index in [1.165, 1.54) is 0 Å². The molecule has 0 aromatic carbocycles. The van der Waals surface area contributed by atoms with Crippen LogP contribution in [-0.2, 0) is 10.0 Å². The molecule has 0 unspecified atom stereocenters. The van der Waals surface area contributed by atoms with E-state index < -0.39 is 10.0 Å². The normalized spacial score (nSPS) is 12.5. The van der Waals surface area contributed by atoms with Crippen LogP contribution in [0, 0.1) is 0 Å². The zero-order chi connectivity index (χ0) is 13.9. The van der Waals surface area contributed by atoms with Crippen molar-refractivity contribution in [3.05, 3.63) is 0 Å². The molecule has 6 nitrogen and oxygen atoms in total. The van der Waals surface area contributed by atoms with E-state index >= 15 is 0 Å². The fourth-order valence-electron chi connectivity index (χ4n) is 1.08. The van der Waals surface area contributed by atoms with E-state index in [-0.39, 0.29) is 5.75 Å². The Bertz CT molecular complexity index is 331. The maximum Gasteiger partial charge on any atom is 0.211 e. The predicted octanol–water partition coefficient (Wildman–Crippen LogP) is -0.156. The molecule has 3 N–H and O–H groups in total. The third kappa shape index (κ3) is 9.55. The minimum atomic E-state index is -3.11. The molecule has 0 saturated carbocycles. The second kappa shape index (κ2) is 10.5. The van der Waals surface area contributed by atoms with Crippen LogP contribution in [0.4, 0.5) is 0 Å². The number of nitrogens with one attached hydrogen (secondary N) is 3. The van der Waals surface area contributed by atoms with Gasteiger partial charge in [-0.3, -0.25) is 4.99 Å². The highest BCUT2D eigenvalue weighted by molar-refractivity contribution is 7.98. The van der Waals surface area contributed by atoms with Crippen molar-refractivity contribution in [2.75, 3.05) is 43.9 Å². The summed E-state index contributed by atoms with van der Waals surface area (Å²) in [5.41, 5.74) is 0. The maximum atomic E-state index is 11.2. The number of hydrogen-bond donors (Lipinski definition) is 3. The molecular weight excluding hydrogens is 272 g/mol. The molecule has 0 aromatic heterocycles. The number of hydrogen-bond acceptors (Lipinski definition) is 4. The highest BCUT2D eigenvalue weighted by Crippen LogP contribution is 1.87. The third-order valence-corrected chi connectivity index (χ3v) is 4.04. The van der Waals surface area contributed by atoms with Crippen molar-refractivity contribution in [1.82, 2.24) is 15.4 Å². The molecule has 0 bridgehead atoms. The molecule has 0 fully saturated rings. The number of sulfonamides is 1. The summed E-state index contributed by atoms with van der Waals surface area (Å²) in [4.78, 5) is 4.28. The standard InChI is InChI=1S/C10H24N4O2S2/c1-4-11-10(13-8-9-17-3)12-6-7-14-18(15,16)5-2/h14H,4-9H2,1-3H3,(H2,11,12,13). The van der Waals surface area contributed by atoms with Gasteiger partial charge in [-0.15, -0.1) is 0 Å². The van der Waals surface area contributed by atoms with E-state index in [0.29, 0.717) is 13.1 Å². The highest BCUT2D eigenvalue weighted by Gasteiger charge is 2.04. The SMILES string of the molecule is CCNC(=NCCNS(=O)(=O)CC)NCCSC. The van der Waals surface area contributed by atoms with Gasteiger partial charge in [0.2, 0.25) is 10.0 Å². The Morgan fingerprint density at radius 2 is 1.94 bits per heavy atom. The quantitative estimate of drug-likeness (QED) is 0.313. The van der Waals surface area contributed by atoms with Gasteiger partial charge in [0.25, 0.3) is 0 Å². The molecule has 0 rings (SSSR count). The Hall–Kier alpha value is -0.470. The summed E-state index contributed by atoms with van der Waals surface area (Å²) in [6.07, 6.45) is 2.05. The molecule has 0 spiro atoms. The van der Waals surface area contributed by atoms with Crippen molar-refractivity contribution in [3.63, 3.8) is 0 Å². The second-order valence-electron chi connectivity index (χ2n) is 3.48. The van der Waals surface area contributed by atoms with Crippen LogP contribution < -0.4 is 15.4 Å². The third-order valence-electron chi connectivity index (χ3n) is 2.03. The topological polar surface area (TPSA) is 82.6 Å². The lowest BCUT2D eigenvalue weighted by Gasteiger charge is -2.10. The average molecular weight is 296 g/mol. The van der Waals surface area contributed by atoms with Crippen LogP contribution in [0.5, 0.6) is 0 Å². The van der Waals surface area contributed by atoms with Gasteiger partial charge in [0, 0.05) is 25.4 Å². The molecule has 0 aromatic rings. The smallest absolute Gasteiger partial charge is 0.211 e. The zero-order valence-electron chi connectivity index (χ0n) is 11.3. The first-order valence-corrected chi connectivity index (χ1v) is 9.08. The van der Waals surface area contributed by atoms with Crippen LogP contribution in [0.1, 0.15) is 13.8 Å². The van der Waals surface area contributed by atoms with Crippen molar-refractivity contribution in [1.29, 1.82) is 0 Å². The number of thioether (sulfide) groups is 1. The van der Waals surface area contributed by atoms with Gasteiger partial charge >= 0.3 is 0 Å². The zero-order valence-corrected chi connectivity index (χ0v) is 13.0. The molecule has 0 saturated heterocycles. The molecule has 0 aliphatic heterocycles. The first-order valence-electron chi connectivity index (χ1n) is 6.04. The molecule has 0 aliphatic carbocycles. The van der Waals surface area contributed by atoms with E-state index in [0.717, 1.165) is 24.8 Å². The second-order valence-corrected chi connectivity index (χ2v) is 6.56. The van der Waals surface area contributed by atoms with Gasteiger partial charge in [-0.25, -0.2) is 13.1 Å². The molecule has 8 heteroatoms. The Morgan fingerprint density at radius 1 is 1.22 bits per heavy atom. The van der Waals surface area contributed by atoms with Gasteiger partial charge in [-0.2, -0.15) is 11.8 Å². The largest absolute Gasteiger partial charge is 0.357 e. The van der Waals surface area contributed by atoms with Crippen molar-refractivity contribution in [2.45, 2.75) is 13.8 Å². The van der Waals surface area contributed by atoms with E-state index in [9.17, 15) is 8.42 Å². The Morgan fingerprint density at radius 3 is 2.50 bits per heavy atom. The summed E-state index contributed by atoms with van der Waals surface area (Å²) >= 11 is 1.76. The number of rotatable bonds is 9. The fraction of sp³-hybridized carbons (Fsp3) is 0.900. The molecule has 0 atom stereocenters. The number of guanidine groups is 1. The van der Waals surface area contributed by atoms with Gasteiger partial charge in [0.15, 0.2) is 5.96 Å². The minimum absolute atomic E-state index is 0.1000. The Labute approximate surface area is 114 Å². The molecule has 0 aliphatic rings. The van der Waals surface area contributed by atoms with Crippen molar-refractivity contribution in [3.8, 4) is 0 Å². The summed E-state index contributed by atoms with van der Waals surface area (Å²) in [6.45, 7) is 5.98. The first-order chi connectivity index (χ1) is 8.55. The highest BCUT2D eigenvalue weighted by atomic mass is 32.2. The minimum Gasteiger partial charge on any atom is -0.357 e. The van der Waals surface area contributed by atoms with Gasteiger partial charge < -0.3 is 10.6 Å². The van der Waals surface area contributed by atoms with Crippen LogP contribution in [0.15, 0.2) is 4.99 Å². The fourth-order valence-corrected chi connectivity index (χ4v) is 2.00. The summed E-state index contributed by atoms with van der Waals surface area (Å²) < 4.78 is 24.9. The van der Waals surface area contributed by atoms with E-state index in [4.69, 9.17) is 0 Å². The maximum absolute atomic E-state index is 11.2. The van der Waals surface area contributed by atoms with Gasteiger partial charge in [0.1, 0.15) is 0 Å². The molecule has 0 heterocycles. The summed E-state index contributed by atoms with van der Waals surface area (Å²) in [5, 5.41) is 6.28. The van der Waals surface area contributed by atoms with Crippen molar-refractivity contribution < 1.29 is 8.42 Å². The van der Waals surface area contributed by atoms with E-state index in [1.54, 1.807) is 18.7 Å². The lowest BCUT2D eigenvalue weighted by Crippen LogP contribution is -2.39. The lowest BCUT2D eigenvalue weighted by atomic mass is 10.6. The van der Waals surface area contributed by atoms with Crippen LogP contribution in [0.3, 0.4) is 0 Å². The van der Waals surface area contributed by atoms with Gasteiger partial charge in [0.05, 0.1) is 12.3 Å². The molecule has 0 amide bonds. The van der Waals surface area contributed by atoms with Crippen molar-refractivity contribution >= 4 is 27.7 Å². The average Bonchev–Trinajstić information content (AvgIpc) is 2.35. The van der Waals surface area contributed by atoms with Crippen LogP contribution in [0.2, 0.25) is 0 Å². The lowest BCUT2D eigenvalue weighted by molar-refractivity contribution is 0.583. The molecular formula is C10H24N4O2S2. The van der Waals surface area contributed by atoms with E-state index in [1.807, 2.05) is 13.2 Å². The summed E-state index contributed by atoms with van der Waals surface area (Å²) in [5.74, 6) is 1.83. The van der Waals surface area contributed by atoms with Gasteiger partial charge in [-0.05, 0) is 20.1 Å². The summed E-state index contributed by atoms with van der Waals surface area (Å²) in [6, 6.07) is 0. The van der Waals surface area contributed by atoms with Gasteiger partial charge in [-0.1, -0.05) is 0 Å². The first kappa shape index (κ1) is 17.5. The molecule has 108 valence electrons. The van der Waals surface area contributed by atoms with E-state index in [2.05, 4.69) is 20.3 Å². The Kier molecular flexibility index (Phi) is 10.2. The monoisotopic (exact) mass is 296 g/mol. The summed E-state index contributed by atoms with van der Waals surface area (Å²) in [7, 11) is -3.11.